The SMILES string of the molecule is O=C(Cn1c(-c2ccc(OCc3ccccc3)cc2)c(C2CCCCC2)c2ccc(C(=O)O)cc21)NCC(F)(F)F. The number of carboxylic acid groups (broad SMARTS) is 1. The number of ether oxygens (including phenoxy) is 1. The van der Waals surface area contributed by atoms with Gasteiger partial charge in [-0.25, -0.2) is 4.79 Å². The number of hydrogen-bond donors (Lipinski definition) is 2. The molecule has 1 aliphatic rings. The number of carboxylic acids is 1. The zero-order valence-corrected chi connectivity index (χ0v) is 22.4. The van der Waals surface area contributed by atoms with Gasteiger partial charge in [-0.1, -0.05) is 55.7 Å². The zero-order chi connectivity index (χ0) is 29.0. The number of aromatic carboxylic acids is 1. The van der Waals surface area contributed by atoms with Crippen LogP contribution >= 0.6 is 0 Å². The van der Waals surface area contributed by atoms with Crippen molar-refractivity contribution in [1.29, 1.82) is 0 Å². The van der Waals surface area contributed by atoms with Gasteiger partial charge in [-0.2, -0.15) is 13.2 Å². The van der Waals surface area contributed by atoms with E-state index in [0.717, 1.165) is 54.2 Å². The number of nitrogens with zero attached hydrogens (tertiary/aromatic N) is 1. The molecule has 1 fully saturated rings. The number of rotatable bonds is 9. The van der Waals surface area contributed by atoms with Crippen molar-refractivity contribution in [3.63, 3.8) is 0 Å². The first-order chi connectivity index (χ1) is 19.7. The molecule has 5 rings (SSSR count). The number of halogens is 3. The van der Waals surface area contributed by atoms with E-state index < -0.39 is 24.6 Å². The van der Waals surface area contributed by atoms with Crippen LogP contribution in [0.2, 0.25) is 0 Å². The Morgan fingerprint density at radius 1 is 0.951 bits per heavy atom. The molecule has 1 aliphatic carbocycles. The van der Waals surface area contributed by atoms with Crippen molar-refractivity contribution in [2.45, 2.75) is 57.3 Å². The molecule has 1 aromatic heterocycles. The van der Waals surface area contributed by atoms with Crippen LogP contribution in [0.25, 0.3) is 22.2 Å². The van der Waals surface area contributed by atoms with E-state index in [0.29, 0.717) is 23.6 Å². The van der Waals surface area contributed by atoms with Crippen LogP contribution < -0.4 is 10.1 Å². The Hall–Kier alpha value is -4.27. The van der Waals surface area contributed by atoms with Crippen molar-refractivity contribution >= 4 is 22.8 Å². The smallest absolute Gasteiger partial charge is 0.405 e. The molecule has 1 amide bonds. The summed E-state index contributed by atoms with van der Waals surface area (Å²) >= 11 is 0. The van der Waals surface area contributed by atoms with E-state index >= 15 is 0 Å². The summed E-state index contributed by atoms with van der Waals surface area (Å²) in [5.41, 5.74) is 4.06. The van der Waals surface area contributed by atoms with Crippen LogP contribution in [0.3, 0.4) is 0 Å². The lowest BCUT2D eigenvalue weighted by molar-refractivity contribution is -0.138. The fourth-order valence-corrected chi connectivity index (χ4v) is 5.64. The molecule has 0 saturated heterocycles. The lowest BCUT2D eigenvalue weighted by atomic mass is 9.82. The minimum absolute atomic E-state index is 0.0401. The van der Waals surface area contributed by atoms with Crippen molar-refractivity contribution in [2.75, 3.05) is 6.54 Å². The molecule has 0 bridgehead atoms. The third kappa shape index (κ3) is 6.73. The fraction of sp³-hybridized carbons (Fsp3) is 0.312. The highest BCUT2D eigenvalue weighted by Gasteiger charge is 2.30. The third-order valence-electron chi connectivity index (χ3n) is 7.53. The predicted octanol–water partition coefficient (Wildman–Crippen LogP) is 7.31. The molecule has 3 aromatic carbocycles. The van der Waals surface area contributed by atoms with Gasteiger partial charge in [0.2, 0.25) is 5.91 Å². The van der Waals surface area contributed by atoms with Crippen molar-refractivity contribution < 1.29 is 32.6 Å². The maximum absolute atomic E-state index is 12.9. The Labute approximate surface area is 235 Å². The van der Waals surface area contributed by atoms with Crippen LogP contribution in [0, 0.1) is 0 Å². The largest absolute Gasteiger partial charge is 0.489 e. The molecule has 41 heavy (non-hydrogen) atoms. The Morgan fingerprint density at radius 2 is 1.66 bits per heavy atom. The summed E-state index contributed by atoms with van der Waals surface area (Å²) < 4.78 is 46.2. The first-order valence-electron chi connectivity index (χ1n) is 13.7. The van der Waals surface area contributed by atoms with Gasteiger partial charge in [0.15, 0.2) is 0 Å². The molecule has 0 aliphatic heterocycles. The Morgan fingerprint density at radius 3 is 2.32 bits per heavy atom. The van der Waals surface area contributed by atoms with E-state index in [-0.39, 0.29) is 18.0 Å². The summed E-state index contributed by atoms with van der Waals surface area (Å²) in [4.78, 5) is 24.6. The molecule has 0 radical (unpaired) electrons. The number of nitrogens with one attached hydrogen (secondary N) is 1. The number of alkyl halides is 3. The maximum Gasteiger partial charge on any atom is 0.405 e. The highest BCUT2D eigenvalue weighted by atomic mass is 19.4. The predicted molar refractivity (Wildman–Crippen MR) is 150 cm³/mol. The summed E-state index contributed by atoms with van der Waals surface area (Å²) in [6.45, 7) is -1.43. The number of amides is 1. The molecule has 1 saturated carbocycles. The van der Waals surface area contributed by atoms with Crippen molar-refractivity contribution in [3.05, 3.63) is 89.5 Å². The number of benzene rings is 3. The molecular formula is C32H31F3N2O4. The normalized spacial score (nSPS) is 14.2. The molecule has 0 spiro atoms. The van der Waals surface area contributed by atoms with Crippen molar-refractivity contribution in [1.82, 2.24) is 9.88 Å². The second-order valence-electron chi connectivity index (χ2n) is 10.4. The van der Waals surface area contributed by atoms with Gasteiger partial charge < -0.3 is 19.7 Å². The topological polar surface area (TPSA) is 80.6 Å². The maximum atomic E-state index is 12.9. The summed E-state index contributed by atoms with van der Waals surface area (Å²) in [5.74, 6) is -1.11. The second-order valence-corrected chi connectivity index (χ2v) is 10.4. The van der Waals surface area contributed by atoms with E-state index in [9.17, 15) is 27.9 Å². The molecule has 9 heteroatoms. The van der Waals surface area contributed by atoms with E-state index in [4.69, 9.17) is 4.74 Å². The van der Waals surface area contributed by atoms with Crippen LogP contribution in [-0.2, 0) is 17.9 Å². The molecule has 0 atom stereocenters. The number of hydrogen-bond acceptors (Lipinski definition) is 3. The molecule has 4 aromatic rings. The fourth-order valence-electron chi connectivity index (χ4n) is 5.64. The van der Waals surface area contributed by atoms with E-state index in [1.165, 1.54) is 12.1 Å². The Kier molecular flexibility index (Phi) is 8.33. The van der Waals surface area contributed by atoms with Crippen LogP contribution in [0.15, 0.2) is 72.8 Å². The van der Waals surface area contributed by atoms with Crippen LogP contribution in [0.5, 0.6) is 5.75 Å². The quantitative estimate of drug-likeness (QED) is 0.223. The van der Waals surface area contributed by atoms with E-state index in [1.807, 2.05) is 59.9 Å². The number of fused-ring (bicyclic) bond motifs is 1. The monoisotopic (exact) mass is 564 g/mol. The minimum Gasteiger partial charge on any atom is -0.489 e. The van der Waals surface area contributed by atoms with Gasteiger partial charge in [0.1, 0.15) is 25.4 Å². The van der Waals surface area contributed by atoms with Crippen molar-refractivity contribution in [3.8, 4) is 17.0 Å². The average Bonchev–Trinajstić information content (AvgIpc) is 3.29. The molecular weight excluding hydrogens is 533 g/mol. The van der Waals surface area contributed by atoms with Gasteiger partial charge in [0.05, 0.1) is 16.8 Å². The summed E-state index contributed by atoms with van der Waals surface area (Å²) in [6, 6.07) is 22.0. The van der Waals surface area contributed by atoms with Gasteiger partial charge >= 0.3 is 12.1 Å². The molecule has 6 nitrogen and oxygen atoms in total. The Bertz CT molecular complexity index is 1520. The standard InChI is InChI=1S/C32H31F3N2O4/c33-32(34,35)20-36-28(38)18-37-27-17-24(31(39)40)13-16-26(27)29(22-9-5-2-6-10-22)30(37)23-11-14-25(15-12-23)41-19-21-7-3-1-4-8-21/h1,3-4,7-8,11-17,22H,2,5-6,9-10,18-20H2,(H,36,38)(H,39,40). The van der Waals surface area contributed by atoms with Crippen LogP contribution in [0.1, 0.15) is 59.5 Å². The highest BCUT2D eigenvalue weighted by molar-refractivity contribution is 5.99. The number of carbonyl (C=O) groups is 2. The summed E-state index contributed by atoms with van der Waals surface area (Å²) in [5, 5.41) is 12.4. The average molecular weight is 565 g/mol. The highest BCUT2D eigenvalue weighted by Crippen LogP contribution is 2.44. The van der Waals surface area contributed by atoms with Gasteiger partial charge in [-0.05, 0) is 71.8 Å². The van der Waals surface area contributed by atoms with Gasteiger partial charge in [0, 0.05) is 5.39 Å². The van der Waals surface area contributed by atoms with Gasteiger partial charge in [0.25, 0.3) is 0 Å². The molecule has 1 heterocycles. The first-order valence-corrected chi connectivity index (χ1v) is 13.7. The lowest BCUT2D eigenvalue weighted by Crippen LogP contribution is -2.35. The molecule has 0 unspecified atom stereocenters. The van der Waals surface area contributed by atoms with Gasteiger partial charge in [-0.15, -0.1) is 0 Å². The molecule has 2 N–H and O–H groups in total. The van der Waals surface area contributed by atoms with Gasteiger partial charge in [-0.3, -0.25) is 4.79 Å². The van der Waals surface area contributed by atoms with Crippen LogP contribution in [-0.4, -0.2) is 34.3 Å². The lowest BCUT2D eigenvalue weighted by Gasteiger charge is -2.24. The van der Waals surface area contributed by atoms with E-state index in [1.54, 1.807) is 10.6 Å². The first kappa shape index (κ1) is 28.3. The second kappa shape index (κ2) is 12.1. The summed E-state index contributed by atoms with van der Waals surface area (Å²) in [7, 11) is 0. The third-order valence-corrected chi connectivity index (χ3v) is 7.53. The van der Waals surface area contributed by atoms with E-state index in [2.05, 4.69) is 0 Å². The zero-order valence-electron chi connectivity index (χ0n) is 22.4. The van der Waals surface area contributed by atoms with Crippen LogP contribution in [0.4, 0.5) is 13.2 Å². The summed E-state index contributed by atoms with van der Waals surface area (Å²) in [6.07, 6.45) is 0.540. The molecule has 214 valence electrons. The number of aromatic nitrogens is 1. The Balaban J connectivity index is 1.58. The number of carbonyl (C=O) groups excluding carboxylic acids is 1. The van der Waals surface area contributed by atoms with Crippen molar-refractivity contribution in [2.24, 2.45) is 0 Å². The minimum atomic E-state index is -4.55.